The Bertz CT molecular complexity index is 962. The molecule has 1 heterocycles. The van der Waals surface area contributed by atoms with Crippen LogP contribution in [-0.2, 0) is 20.1 Å². The Labute approximate surface area is 199 Å². The second-order valence-electron chi connectivity index (χ2n) is 6.99. The summed E-state index contributed by atoms with van der Waals surface area (Å²) in [5.74, 6) is 2.65. The molecule has 0 amide bonds. The number of aryl methyl sites for hydroxylation is 1. The lowest BCUT2D eigenvalue weighted by atomic mass is 10.2. The number of halogens is 2. The predicted molar refractivity (Wildman–Crippen MR) is 130 cm³/mol. The standard InChI is InChI=1S/C22H27FN6O.HI/c1-16(30-20-11-9-19(23)10-12-20)13-24-22(25-14-18-7-5-4-6-8-18)26-15-21-28-27-17(2)29(21)3;/h4-12,16H,13-15H2,1-3H3,(H2,24,25,26);1H. The molecular formula is C22H28FIN6O. The van der Waals surface area contributed by atoms with Gasteiger partial charge in [0.05, 0.1) is 19.6 Å². The summed E-state index contributed by atoms with van der Waals surface area (Å²) in [6.45, 7) is 5.41. The highest BCUT2D eigenvalue weighted by Crippen LogP contribution is 2.12. The summed E-state index contributed by atoms with van der Waals surface area (Å²) in [5.41, 5.74) is 1.11. The zero-order valence-corrected chi connectivity index (χ0v) is 20.2. The highest BCUT2D eigenvalue weighted by atomic mass is 127. The first-order valence-corrected chi connectivity index (χ1v) is 9.84. The number of benzene rings is 2. The number of ether oxygens (including phenoxy) is 1. The molecule has 0 aliphatic carbocycles. The van der Waals surface area contributed by atoms with Crippen molar-refractivity contribution in [3.8, 4) is 5.75 Å². The minimum Gasteiger partial charge on any atom is -0.489 e. The molecule has 1 unspecified atom stereocenters. The molecule has 31 heavy (non-hydrogen) atoms. The Morgan fingerprint density at radius 1 is 1.10 bits per heavy atom. The van der Waals surface area contributed by atoms with Crippen molar-refractivity contribution in [1.82, 2.24) is 25.4 Å². The normalized spacial score (nSPS) is 12.1. The molecule has 3 rings (SSSR count). The van der Waals surface area contributed by atoms with Crippen LogP contribution in [0.5, 0.6) is 5.75 Å². The molecule has 0 bridgehead atoms. The zero-order valence-electron chi connectivity index (χ0n) is 17.9. The molecule has 0 radical (unpaired) electrons. The first-order chi connectivity index (χ1) is 14.5. The summed E-state index contributed by atoms with van der Waals surface area (Å²) in [6.07, 6.45) is -0.142. The fraction of sp³-hybridized carbons (Fsp3) is 0.318. The van der Waals surface area contributed by atoms with Gasteiger partial charge in [-0.1, -0.05) is 30.3 Å². The molecule has 1 aromatic heterocycles. The monoisotopic (exact) mass is 538 g/mol. The summed E-state index contributed by atoms with van der Waals surface area (Å²) in [5, 5.41) is 14.9. The van der Waals surface area contributed by atoms with E-state index in [-0.39, 0.29) is 35.9 Å². The van der Waals surface area contributed by atoms with Crippen LogP contribution in [-0.4, -0.2) is 33.4 Å². The second kappa shape index (κ2) is 12.2. The third-order valence-corrected chi connectivity index (χ3v) is 4.57. The fourth-order valence-corrected chi connectivity index (χ4v) is 2.72. The zero-order chi connectivity index (χ0) is 21.3. The summed E-state index contributed by atoms with van der Waals surface area (Å²) < 4.78 is 20.8. The van der Waals surface area contributed by atoms with Crippen molar-refractivity contribution in [2.24, 2.45) is 12.0 Å². The number of nitrogens with one attached hydrogen (secondary N) is 2. The van der Waals surface area contributed by atoms with Gasteiger partial charge in [0.2, 0.25) is 0 Å². The van der Waals surface area contributed by atoms with E-state index in [4.69, 9.17) is 4.74 Å². The molecule has 166 valence electrons. The van der Waals surface area contributed by atoms with Crippen LogP contribution in [0.2, 0.25) is 0 Å². The Morgan fingerprint density at radius 3 is 2.45 bits per heavy atom. The number of rotatable bonds is 8. The van der Waals surface area contributed by atoms with Crippen molar-refractivity contribution >= 4 is 29.9 Å². The van der Waals surface area contributed by atoms with Crippen molar-refractivity contribution in [2.75, 3.05) is 6.54 Å². The SMILES string of the molecule is Cc1nnc(CNC(=NCc2ccccc2)NCC(C)Oc2ccc(F)cc2)n1C.I. The number of nitrogens with zero attached hydrogens (tertiary/aromatic N) is 4. The topological polar surface area (TPSA) is 76.4 Å². The summed E-state index contributed by atoms with van der Waals surface area (Å²) in [4.78, 5) is 4.67. The van der Waals surface area contributed by atoms with Gasteiger partial charge in [-0.15, -0.1) is 34.2 Å². The lowest BCUT2D eigenvalue weighted by Crippen LogP contribution is -2.42. The molecule has 9 heteroatoms. The molecular weight excluding hydrogens is 510 g/mol. The van der Waals surface area contributed by atoms with E-state index in [1.165, 1.54) is 12.1 Å². The third kappa shape index (κ3) is 7.82. The number of guanidine groups is 1. The van der Waals surface area contributed by atoms with Crippen molar-refractivity contribution in [2.45, 2.75) is 33.0 Å². The van der Waals surface area contributed by atoms with Crippen molar-refractivity contribution < 1.29 is 9.13 Å². The first-order valence-electron chi connectivity index (χ1n) is 9.84. The summed E-state index contributed by atoms with van der Waals surface area (Å²) in [7, 11) is 1.93. The first kappa shape index (κ1) is 24.6. The second-order valence-corrected chi connectivity index (χ2v) is 6.99. The maximum Gasteiger partial charge on any atom is 0.192 e. The fourth-order valence-electron chi connectivity index (χ4n) is 2.72. The van der Waals surface area contributed by atoms with E-state index >= 15 is 0 Å². The number of hydrogen-bond acceptors (Lipinski definition) is 4. The Hall–Kier alpha value is -2.69. The number of aliphatic imine (C=N–C) groups is 1. The lowest BCUT2D eigenvalue weighted by Gasteiger charge is -2.18. The van der Waals surface area contributed by atoms with E-state index in [0.29, 0.717) is 31.3 Å². The maximum absolute atomic E-state index is 13.1. The van der Waals surface area contributed by atoms with E-state index in [1.807, 2.05) is 55.8 Å². The van der Waals surface area contributed by atoms with Crippen molar-refractivity contribution in [3.63, 3.8) is 0 Å². The van der Waals surface area contributed by atoms with Crippen LogP contribution in [0.25, 0.3) is 0 Å². The van der Waals surface area contributed by atoms with Crippen LogP contribution < -0.4 is 15.4 Å². The van der Waals surface area contributed by atoms with Gasteiger partial charge >= 0.3 is 0 Å². The van der Waals surface area contributed by atoms with Gasteiger partial charge in [-0.25, -0.2) is 9.38 Å². The maximum atomic E-state index is 13.1. The Balaban J connectivity index is 0.00000341. The van der Waals surface area contributed by atoms with Crippen LogP contribution >= 0.6 is 24.0 Å². The lowest BCUT2D eigenvalue weighted by molar-refractivity contribution is 0.223. The van der Waals surface area contributed by atoms with Gasteiger partial charge < -0.3 is 19.9 Å². The average molecular weight is 538 g/mol. The summed E-state index contributed by atoms with van der Waals surface area (Å²) >= 11 is 0. The van der Waals surface area contributed by atoms with E-state index in [1.54, 1.807) is 12.1 Å². The van der Waals surface area contributed by atoms with Crippen LogP contribution in [0.1, 0.15) is 24.1 Å². The van der Waals surface area contributed by atoms with Gasteiger partial charge in [0.25, 0.3) is 0 Å². The Kier molecular flexibility index (Phi) is 9.70. The van der Waals surface area contributed by atoms with Crippen LogP contribution in [0.15, 0.2) is 59.6 Å². The largest absolute Gasteiger partial charge is 0.489 e. The molecule has 0 saturated carbocycles. The predicted octanol–water partition coefficient (Wildman–Crippen LogP) is 3.58. The highest BCUT2D eigenvalue weighted by Gasteiger charge is 2.09. The Morgan fingerprint density at radius 2 is 1.81 bits per heavy atom. The van der Waals surface area contributed by atoms with Gasteiger partial charge in [0.1, 0.15) is 23.5 Å². The highest BCUT2D eigenvalue weighted by molar-refractivity contribution is 14.0. The molecule has 0 spiro atoms. The van der Waals surface area contributed by atoms with Crippen molar-refractivity contribution in [3.05, 3.63) is 77.6 Å². The molecule has 3 aromatic rings. The molecule has 0 aliphatic rings. The van der Waals surface area contributed by atoms with Crippen molar-refractivity contribution in [1.29, 1.82) is 0 Å². The summed E-state index contributed by atoms with van der Waals surface area (Å²) in [6, 6.07) is 16.0. The van der Waals surface area contributed by atoms with E-state index in [9.17, 15) is 4.39 Å². The quantitative estimate of drug-likeness (QED) is 0.261. The van der Waals surface area contributed by atoms with E-state index < -0.39 is 0 Å². The van der Waals surface area contributed by atoms with Gasteiger partial charge in [-0.3, -0.25) is 0 Å². The van der Waals surface area contributed by atoms with Gasteiger partial charge in [0.15, 0.2) is 11.8 Å². The van der Waals surface area contributed by atoms with Crippen LogP contribution in [0.3, 0.4) is 0 Å². The van der Waals surface area contributed by atoms with E-state index in [2.05, 4.69) is 25.8 Å². The molecule has 0 saturated heterocycles. The van der Waals surface area contributed by atoms with Crippen LogP contribution in [0.4, 0.5) is 4.39 Å². The molecule has 0 fully saturated rings. The molecule has 2 N–H and O–H groups in total. The molecule has 0 aliphatic heterocycles. The molecule has 7 nitrogen and oxygen atoms in total. The average Bonchev–Trinajstić information content (AvgIpc) is 3.07. The number of aromatic nitrogens is 3. The van der Waals surface area contributed by atoms with Gasteiger partial charge in [-0.2, -0.15) is 0 Å². The van der Waals surface area contributed by atoms with Gasteiger partial charge in [-0.05, 0) is 43.7 Å². The molecule has 1 atom stereocenters. The van der Waals surface area contributed by atoms with Gasteiger partial charge in [0, 0.05) is 7.05 Å². The molecule has 2 aromatic carbocycles. The van der Waals surface area contributed by atoms with E-state index in [0.717, 1.165) is 17.2 Å². The third-order valence-electron chi connectivity index (χ3n) is 4.57. The smallest absolute Gasteiger partial charge is 0.192 e. The van der Waals surface area contributed by atoms with Crippen LogP contribution in [0, 0.1) is 12.7 Å². The minimum atomic E-state index is -0.285. The minimum absolute atomic E-state index is 0. The number of hydrogen-bond donors (Lipinski definition) is 2.